The van der Waals surface area contributed by atoms with Crippen LogP contribution < -0.4 is 4.72 Å². The van der Waals surface area contributed by atoms with Crippen molar-refractivity contribution in [3.8, 4) is 0 Å². The van der Waals surface area contributed by atoms with Gasteiger partial charge in [-0.3, -0.25) is 14.7 Å². The second-order valence-electron chi connectivity index (χ2n) is 7.31. The summed E-state index contributed by atoms with van der Waals surface area (Å²) >= 11 is 0. The molecule has 0 atom stereocenters. The topological polar surface area (TPSA) is 82.6 Å². The monoisotopic (exact) mass is 400 g/mol. The van der Waals surface area contributed by atoms with Crippen molar-refractivity contribution >= 4 is 15.9 Å². The molecule has 8 heteroatoms. The highest BCUT2D eigenvalue weighted by atomic mass is 32.2. The third-order valence-corrected chi connectivity index (χ3v) is 6.62. The van der Waals surface area contributed by atoms with E-state index in [4.69, 9.17) is 0 Å². The summed E-state index contributed by atoms with van der Waals surface area (Å²) in [5, 5.41) is 0. The molecule has 1 saturated heterocycles. The average Bonchev–Trinajstić information content (AvgIpc) is 3.52. The van der Waals surface area contributed by atoms with E-state index in [1.54, 1.807) is 18.3 Å². The van der Waals surface area contributed by atoms with Crippen LogP contribution in [-0.4, -0.2) is 61.3 Å². The number of carbonyl (C=O) groups excluding carboxylic acids is 1. The number of aromatic nitrogens is 1. The number of rotatable bonds is 6. The van der Waals surface area contributed by atoms with Gasteiger partial charge in [0, 0.05) is 50.5 Å². The molecule has 1 aromatic heterocycles. The predicted octanol–water partition coefficient (Wildman–Crippen LogP) is 1.48. The molecule has 4 rings (SSSR count). The van der Waals surface area contributed by atoms with Crippen LogP contribution in [0.4, 0.5) is 0 Å². The highest BCUT2D eigenvalue weighted by Gasteiger charge is 2.28. The van der Waals surface area contributed by atoms with Crippen LogP contribution in [0, 0.1) is 0 Å². The van der Waals surface area contributed by atoms with Gasteiger partial charge in [-0.2, -0.15) is 0 Å². The summed E-state index contributed by atoms with van der Waals surface area (Å²) in [6, 6.07) is 12.2. The zero-order valence-electron chi connectivity index (χ0n) is 15.6. The molecule has 1 saturated carbocycles. The van der Waals surface area contributed by atoms with Gasteiger partial charge in [-0.25, -0.2) is 13.1 Å². The van der Waals surface area contributed by atoms with Gasteiger partial charge in [-0.15, -0.1) is 0 Å². The summed E-state index contributed by atoms with van der Waals surface area (Å²) in [5.41, 5.74) is 1.54. The third kappa shape index (κ3) is 4.57. The second kappa shape index (κ2) is 7.98. The molecule has 2 aliphatic rings. The molecule has 0 radical (unpaired) electrons. The van der Waals surface area contributed by atoms with Crippen LogP contribution in [0.25, 0.3) is 0 Å². The van der Waals surface area contributed by atoms with Crippen LogP contribution in [0.15, 0.2) is 53.6 Å². The van der Waals surface area contributed by atoms with Crippen molar-refractivity contribution < 1.29 is 13.2 Å². The second-order valence-corrected chi connectivity index (χ2v) is 9.02. The van der Waals surface area contributed by atoms with Crippen molar-refractivity contribution in [2.45, 2.75) is 30.3 Å². The van der Waals surface area contributed by atoms with Crippen molar-refractivity contribution in [3.05, 3.63) is 59.9 Å². The lowest BCUT2D eigenvalue weighted by molar-refractivity contribution is 0.0627. The van der Waals surface area contributed by atoms with Gasteiger partial charge in [0.1, 0.15) is 0 Å². The fraction of sp³-hybridized carbons (Fsp3) is 0.400. The molecule has 1 amide bonds. The molecular formula is C20H24N4O3S. The zero-order chi connectivity index (χ0) is 19.6. The molecule has 7 nitrogen and oxygen atoms in total. The molecule has 2 heterocycles. The first-order valence-electron chi connectivity index (χ1n) is 9.55. The lowest BCUT2D eigenvalue weighted by Crippen LogP contribution is -2.48. The van der Waals surface area contributed by atoms with Crippen molar-refractivity contribution in [1.29, 1.82) is 0 Å². The highest BCUT2D eigenvalue weighted by molar-refractivity contribution is 7.89. The van der Waals surface area contributed by atoms with E-state index in [-0.39, 0.29) is 16.8 Å². The third-order valence-electron chi connectivity index (χ3n) is 5.08. The fourth-order valence-electron chi connectivity index (χ4n) is 3.28. The fourth-order valence-corrected chi connectivity index (χ4v) is 4.58. The van der Waals surface area contributed by atoms with Crippen LogP contribution in [0.5, 0.6) is 0 Å². The van der Waals surface area contributed by atoms with E-state index in [9.17, 15) is 13.2 Å². The summed E-state index contributed by atoms with van der Waals surface area (Å²) in [7, 11) is -3.49. The van der Waals surface area contributed by atoms with Gasteiger partial charge in [-0.1, -0.05) is 6.07 Å². The Bertz CT molecular complexity index is 920. The number of hydrogen-bond acceptors (Lipinski definition) is 5. The van der Waals surface area contributed by atoms with E-state index in [1.165, 1.54) is 12.1 Å². The van der Waals surface area contributed by atoms with Gasteiger partial charge in [0.2, 0.25) is 10.0 Å². The minimum atomic E-state index is -3.49. The minimum absolute atomic E-state index is 0.0587. The number of carbonyl (C=O) groups is 1. The van der Waals surface area contributed by atoms with Crippen LogP contribution in [0.1, 0.15) is 28.9 Å². The molecule has 1 aromatic carbocycles. The van der Waals surface area contributed by atoms with Gasteiger partial charge in [0.25, 0.3) is 5.91 Å². The number of amides is 1. The van der Waals surface area contributed by atoms with Gasteiger partial charge in [-0.05, 0) is 49.2 Å². The van der Waals surface area contributed by atoms with E-state index in [0.717, 1.165) is 38.2 Å². The molecule has 2 fully saturated rings. The summed E-state index contributed by atoms with van der Waals surface area (Å²) in [4.78, 5) is 21.4. The van der Waals surface area contributed by atoms with Gasteiger partial charge in [0.05, 0.1) is 10.6 Å². The van der Waals surface area contributed by atoms with E-state index in [2.05, 4.69) is 14.6 Å². The maximum absolute atomic E-state index is 12.7. The number of pyridine rings is 1. The molecule has 2 aromatic rings. The standard InChI is InChI=1S/C20H24N4O3S/c25-20(16-4-8-19(9-5-16)28(26,27)22-17-6-7-17)24-13-11-23(12-14-24)15-18-3-1-2-10-21-18/h1-5,8-10,17,22H,6-7,11-15H2. The number of hydrogen-bond donors (Lipinski definition) is 1. The van der Waals surface area contributed by atoms with Crippen molar-refractivity contribution in [2.75, 3.05) is 26.2 Å². The van der Waals surface area contributed by atoms with Gasteiger partial charge in [0.15, 0.2) is 0 Å². The van der Waals surface area contributed by atoms with Crippen LogP contribution in [0.2, 0.25) is 0 Å². The van der Waals surface area contributed by atoms with E-state index in [0.29, 0.717) is 18.7 Å². The van der Waals surface area contributed by atoms with Gasteiger partial charge >= 0.3 is 0 Å². The van der Waals surface area contributed by atoms with Gasteiger partial charge < -0.3 is 4.90 Å². The quantitative estimate of drug-likeness (QED) is 0.794. The lowest BCUT2D eigenvalue weighted by Gasteiger charge is -2.34. The Balaban J connectivity index is 1.33. The smallest absolute Gasteiger partial charge is 0.253 e. The zero-order valence-corrected chi connectivity index (χ0v) is 16.4. The first-order chi connectivity index (χ1) is 13.5. The normalized spacial score (nSPS) is 18.2. The largest absolute Gasteiger partial charge is 0.336 e. The van der Waals surface area contributed by atoms with Crippen LogP contribution in [0.3, 0.4) is 0 Å². The Labute approximate surface area is 165 Å². The van der Waals surface area contributed by atoms with E-state index in [1.807, 2.05) is 23.1 Å². The van der Waals surface area contributed by atoms with Crippen LogP contribution in [-0.2, 0) is 16.6 Å². The number of nitrogens with one attached hydrogen (secondary N) is 1. The van der Waals surface area contributed by atoms with Crippen LogP contribution >= 0.6 is 0 Å². The summed E-state index contributed by atoms with van der Waals surface area (Å²) < 4.78 is 27.1. The van der Waals surface area contributed by atoms with Crippen molar-refractivity contribution in [2.24, 2.45) is 0 Å². The first kappa shape index (κ1) is 19.0. The Morgan fingerprint density at radius 1 is 1.04 bits per heavy atom. The number of sulfonamides is 1. The molecule has 1 N–H and O–H groups in total. The van der Waals surface area contributed by atoms with Crippen molar-refractivity contribution in [1.82, 2.24) is 19.5 Å². The number of nitrogens with zero attached hydrogens (tertiary/aromatic N) is 3. The molecular weight excluding hydrogens is 376 g/mol. The lowest BCUT2D eigenvalue weighted by atomic mass is 10.2. The summed E-state index contributed by atoms with van der Waals surface area (Å²) in [6.07, 6.45) is 3.57. The first-order valence-corrected chi connectivity index (χ1v) is 11.0. The SMILES string of the molecule is O=C(c1ccc(S(=O)(=O)NC2CC2)cc1)N1CCN(Cc2ccccn2)CC1. The summed E-state index contributed by atoms with van der Waals surface area (Å²) in [5.74, 6) is -0.0587. The number of benzene rings is 1. The van der Waals surface area contributed by atoms with E-state index >= 15 is 0 Å². The molecule has 148 valence electrons. The maximum atomic E-state index is 12.7. The Kier molecular flexibility index (Phi) is 5.43. The number of piperazine rings is 1. The highest BCUT2D eigenvalue weighted by Crippen LogP contribution is 2.22. The molecule has 0 spiro atoms. The molecule has 0 unspecified atom stereocenters. The molecule has 28 heavy (non-hydrogen) atoms. The minimum Gasteiger partial charge on any atom is -0.336 e. The predicted molar refractivity (Wildman–Crippen MR) is 105 cm³/mol. The summed E-state index contributed by atoms with van der Waals surface area (Å²) in [6.45, 7) is 3.66. The van der Waals surface area contributed by atoms with Crippen molar-refractivity contribution in [3.63, 3.8) is 0 Å². The van der Waals surface area contributed by atoms with E-state index < -0.39 is 10.0 Å². The average molecular weight is 401 g/mol. The molecule has 0 bridgehead atoms. The Hall–Kier alpha value is -2.29. The Morgan fingerprint density at radius 3 is 2.36 bits per heavy atom. The Morgan fingerprint density at radius 2 is 1.75 bits per heavy atom. The maximum Gasteiger partial charge on any atom is 0.253 e. The molecule has 1 aliphatic carbocycles. The molecule has 1 aliphatic heterocycles.